The minimum atomic E-state index is -1.94. The fraction of sp³-hybridized carbons (Fsp3) is 0.200. The van der Waals surface area contributed by atoms with Crippen molar-refractivity contribution in [3.05, 3.63) is 71.8 Å². The Hall–Kier alpha value is -3.28. The minimum Gasteiger partial charge on any atom is -0.497 e. The maximum atomic E-state index is 12.5. The van der Waals surface area contributed by atoms with E-state index in [2.05, 4.69) is 5.32 Å². The Morgan fingerprint density at radius 2 is 1.69 bits per heavy atom. The summed E-state index contributed by atoms with van der Waals surface area (Å²) in [7, 11) is 2.73. The second kappa shape index (κ2) is 6.92. The van der Waals surface area contributed by atoms with E-state index in [1.165, 1.54) is 7.11 Å². The molecule has 2 unspecified atom stereocenters. The summed E-state index contributed by atoms with van der Waals surface area (Å²) in [5.74, 6) is -2.25. The van der Waals surface area contributed by atoms with Gasteiger partial charge in [-0.1, -0.05) is 42.5 Å². The fourth-order valence-corrected chi connectivity index (χ4v) is 3.18. The molecule has 0 saturated heterocycles. The molecule has 0 saturated carbocycles. The highest BCUT2D eigenvalue weighted by atomic mass is 16.5. The SMILES string of the molecule is COC(=O)C1(C(=O)O)NC(c2ccccc2)=CC1c1ccc(OC)cc1. The number of carbonyl (C=O) groups is 2. The zero-order valence-corrected chi connectivity index (χ0v) is 14.4. The van der Waals surface area contributed by atoms with Gasteiger partial charge in [0.15, 0.2) is 0 Å². The smallest absolute Gasteiger partial charge is 0.344 e. The Morgan fingerprint density at radius 3 is 2.23 bits per heavy atom. The van der Waals surface area contributed by atoms with Crippen LogP contribution in [0.4, 0.5) is 0 Å². The van der Waals surface area contributed by atoms with Crippen LogP contribution in [0.3, 0.4) is 0 Å². The quantitative estimate of drug-likeness (QED) is 0.634. The molecule has 1 heterocycles. The van der Waals surface area contributed by atoms with Crippen molar-refractivity contribution in [2.24, 2.45) is 0 Å². The van der Waals surface area contributed by atoms with Gasteiger partial charge in [-0.3, -0.25) is 0 Å². The number of carbonyl (C=O) groups excluding carboxylic acids is 1. The average Bonchev–Trinajstić information content (AvgIpc) is 3.10. The van der Waals surface area contributed by atoms with E-state index in [9.17, 15) is 14.7 Å². The highest BCUT2D eigenvalue weighted by Gasteiger charge is 2.57. The Kier molecular flexibility index (Phi) is 4.67. The van der Waals surface area contributed by atoms with Gasteiger partial charge in [0.2, 0.25) is 5.54 Å². The maximum Gasteiger partial charge on any atom is 0.344 e. The number of aliphatic carboxylic acids is 1. The molecule has 2 atom stereocenters. The number of methoxy groups -OCH3 is 2. The Bertz CT molecular complexity index is 844. The molecule has 1 aliphatic rings. The number of hydrogen-bond donors (Lipinski definition) is 2. The van der Waals surface area contributed by atoms with Crippen molar-refractivity contribution in [2.45, 2.75) is 11.5 Å². The molecule has 2 aromatic carbocycles. The highest BCUT2D eigenvalue weighted by molar-refractivity contribution is 6.08. The maximum absolute atomic E-state index is 12.5. The standard InChI is InChI=1S/C20H19NO5/c1-25-15-10-8-13(9-11-15)16-12-17(14-6-4-3-5-7-14)21-20(16,18(22)23)19(24)26-2/h3-12,16,21H,1-2H3,(H,22,23). The predicted molar refractivity (Wildman–Crippen MR) is 95.7 cm³/mol. The van der Waals surface area contributed by atoms with Gasteiger partial charge in [0.1, 0.15) is 5.75 Å². The van der Waals surface area contributed by atoms with Gasteiger partial charge in [-0.05, 0) is 29.3 Å². The molecule has 0 bridgehead atoms. The van der Waals surface area contributed by atoms with E-state index in [4.69, 9.17) is 9.47 Å². The van der Waals surface area contributed by atoms with Crippen molar-refractivity contribution in [3.63, 3.8) is 0 Å². The van der Waals surface area contributed by atoms with Gasteiger partial charge in [0.25, 0.3) is 0 Å². The third-order valence-electron chi connectivity index (χ3n) is 4.54. The first-order chi connectivity index (χ1) is 12.5. The van der Waals surface area contributed by atoms with E-state index in [0.29, 0.717) is 17.0 Å². The molecule has 0 fully saturated rings. The molecule has 0 aliphatic carbocycles. The summed E-state index contributed by atoms with van der Waals surface area (Å²) in [4.78, 5) is 24.7. The van der Waals surface area contributed by atoms with Crippen LogP contribution in [-0.4, -0.2) is 36.8 Å². The molecule has 6 heteroatoms. The summed E-state index contributed by atoms with van der Waals surface area (Å²) in [6.07, 6.45) is 1.75. The molecular formula is C20H19NO5. The minimum absolute atomic E-state index is 0.569. The number of benzene rings is 2. The summed E-state index contributed by atoms with van der Waals surface area (Å²) in [6.45, 7) is 0. The summed E-state index contributed by atoms with van der Waals surface area (Å²) in [5.41, 5.74) is 0.0865. The van der Waals surface area contributed by atoms with Crippen LogP contribution in [0, 0.1) is 0 Å². The van der Waals surface area contributed by atoms with E-state index < -0.39 is 23.4 Å². The third-order valence-corrected chi connectivity index (χ3v) is 4.54. The van der Waals surface area contributed by atoms with Crippen molar-refractivity contribution >= 4 is 17.6 Å². The molecule has 1 aliphatic heterocycles. The number of hydrogen-bond acceptors (Lipinski definition) is 5. The normalized spacial score (nSPS) is 21.5. The van der Waals surface area contributed by atoms with Gasteiger partial charge < -0.3 is 19.9 Å². The Labute approximate surface area is 151 Å². The molecule has 26 heavy (non-hydrogen) atoms. The number of rotatable bonds is 5. The van der Waals surface area contributed by atoms with Gasteiger partial charge in [-0.25, -0.2) is 9.59 Å². The molecule has 0 radical (unpaired) electrons. The van der Waals surface area contributed by atoms with Crippen LogP contribution in [0.25, 0.3) is 5.70 Å². The lowest BCUT2D eigenvalue weighted by atomic mass is 9.81. The van der Waals surface area contributed by atoms with Gasteiger partial charge in [-0.2, -0.15) is 0 Å². The number of esters is 1. The zero-order chi connectivity index (χ0) is 18.7. The van der Waals surface area contributed by atoms with Gasteiger partial charge in [0.05, 0.1) is 14.2 Å². The van der Waals surface area contributed by atoms with Crippen LogP contribution in [0.2, 0.25) is 0 Å². The molecule has 0 aromatic heterocycles. The summed E-state index contributed by atoms with van der Waals surface area (Å²) in [6, 6.07) is 16.2. The van der Waals surface area contributed by atoms with Crippen LogP contribution in [0.5, 0.6) is 5.75 Å². The Morgan fingerprint density at radius 1 is 1.04 bits per heavy atom. The van der Waals surface area contributed by atoms with E-state index >= 15 is 0 Å². The molecule has 2 aromatic rings. The van der Waals surface area contributed by atoms with Crippen LogP contribution < -0.4 is 10.1 Å². The second-order valence-corrected chi connectivity index (χ2v) is 5.93. The van der Waals surface area contributed by atoms with Crippen molar-refractivity contribution in [1.29, 1.82) is 0 Å². The first kappa shape index (κ1) is 17.5. The average molecular weight is 353 g/mol. The number of carboxylic acid groups (broad SMARTS) is 1. The van der Waals surface area contributed by atoms with Crippen molar-refractivity contribution < 1.29 is 24.2 Å². The lowest BCUT2D eigenvalue weighted by Crippen LogP contribution is -2.58. The van der Waals surface area contributed by atoms with E-state index in [0.717, 1.165) is 5.56 Å². The van der Waals surface area contributed by atoms with Gasteiger partial charge >= 0.3 is 11.9 Å². The van der Waals surface area contributed by atoms with Crippen LogP contribution in [-0.2, 0) is 14.3 Å². The van der Waals surface area contributed by atoms with Crippen LogP contribution >= 0.6 is 0 Å². The summed E-state index contributed by atoms with van der Waals surface area (Å²) < 4.78 is 9.99. The molecule has 0 amide bonds. The molecule has 6 nitrogen and oxygen atoms in total. The second-order valence-electron chi connectivity index (χ2n) is 5.93. The monoisotopic (exact) mass is 353 g/mol. The molecular weight excluding hydrogens is 334 g/mol. The largest absolute Gasteiger partial charge is 0.497 e. The summed E-state index contributed by atoms with van der Waals surface area (Å²) in [5, 5.41) is 12.8. The van der Waals surface area contributed by atoms with Crippen molar-refractivity contribution in [1.82, 2.24) is 5.32 Å². The predicted octanol–water partition coefficient (Wildman–Crippen LogP) is 2.42. The first-order valence-corrected chi connectivity index (χ1v) is 8.04. The number of ether oxygens (including phenoxy) is 2. The molecule has 0 spiro atoms. The third kappa shape index (κ3) is 2.79. The highest BCUT2D eigenvalue weighted by Crippen LogP contribution is 2.40. The Balaban J connectivity index is 2.13. The van der Waals surface area contributed by atoms with Crippen molar-refractivity contribution in [3.8, 4) is 5.75 Å². The van der Waals surface area contributed by atoms with E-state index in [1.807, 2.05) is 30.3 Å². The lowest BCUT2D eigenvalue weighted by molar-refractivity contribution is -0.160. The van der Waals surface area contributed by atoms with Gasteiger partial charge in [0, 0.05) is 11.6 Å². The number of nitrogens with one attached hydrogen (secondary N) is 1. The first-order valence-electron chi connectivity index (χ1n) is 8.04. The zero-order valence-electron chi connectivity index (χ0n) is 14.4. The summed E-state index contributed by atoms with van der Waals surface area (Å²) >= 11 is 0. The van der Waals surface area contributed by atoms with Crippen LogP contribution in [0.15, 0.2) is 60.7 Å². The molecule has 2 N–H and O–H groups in total. The molecule has 3 rings (SSSR count). The number of carboxylic acids is 1. The van der Waals surface area contributed by atoms with Gasteiger partial charge in [-0.15, -0.1) is 0 Å². The van der Waals surface area contributed by atoms with E-state index in [-0.39, 0.29) is 0 Å². The fourth-order valence-electron chi connectivity index (χ4n) is 3.18. The van der Waals surface area contributed by atoms with E-state index in [1.54, 1.807) is 37.5 Å². The topological polar surface area (TPSA) is 84.9 Å². The van der Waals surface area contributed by atoms with Crippen molar-refractivity contribution in [2.75, 3.05) is 14.2 Å². The molecule has 134 valence electrons. The lowest BCUT2D eigenvalue weighted by Gasteiger charge is -2.29. The van der Waals surface area contributed by atoms with Crippen LogP contribution in [0.1, 0.15) is 17.0 Å².